The molecule has 2 heterocycles. The third-order valence-corrected chi connectivity index (χ3v) is 6.75. The summed E-state index contributed by atoms with van der Waals surface area (Å²) in [5.74, 6) is 0.922. The number of hydrogen-bond donors (Lipinski definition) is 2. The minimum Gasteiger partial charge on any atom is -0.449 e. The summed E-state index contributed by atoms with van der Waals surface area (Å²) in [6.45, 7) is 5.00. The fourth-order valence-electron chi connectivity index (χ4n) is 2.87. The Labute approximate surface area is 173 Å². The topological polar surface area (TPSA) is 66.5 Å². The summed E-state index contributed by atoms with van der Waals surface area (Å²) in [5, 5.41) is 9.07. The number of hydrogen-bond acceptors (Lipinski definition) is 6. The van der Waals surface area contributed by atoms with Crippen LogP contribution in [0, 0.1) is 0 Å². The van der Waals surface area contributed by atoms with E-state index in [0.29, 0.717) is 13.2 Å². The second-order valence-corrected chi connectivity index (χ2v) is 13.2. The molecule has 8 heteroatoms. The van der Waals surface area contributed by atoms with Crippen molar-refractivity contribution in [1.29, 1.82) is 0 Å². The first-order valence-electron chi connectivity index (χ1n) is 9.48. The SMILES string of the molecule is CS(C)(C)CCOC(=O)NCc1nc(-c2ccc(N3CCNCC3)cc2)cs1. The number of piperazine rings is 1. The highest BCUT2D eigenvalue weighted by atomic mass is 32.3. The highest BCUT2D eigenvalue weighted by Gasteiger charge is 2.12. The van der Waals surface area contributed by atoms with Gasteiger partial charge < -0.3 is 20.3 Å². The summed E-state index contributed by atoms with van der Waals surface area (Å²) in [4.78, 5) is 18.8. The predicted molar refractivity (Wildman–Crippen MR) is 121 cm³/mol. The zero-order chi connectivity index (χ0) is 20.0. The first-order valence-corrected chi connectivity index (χ1v) is 13.4. The Kier molecular flexibility index (Phi) is 7.20. The van der Waals surface area contributed by atoms with Gasteiger partial charge in [0.2, 0.25) is 0 Å². The maximum absolute atomic E-state index is 11.8. The Hall–Kier alpha value is -1.77. The Morgan fingerprint density at radius 3 is 2.64 bits per heavy atom. The molecule has 0 atom stereocenters. The number of ether oxygens (including phenoxy) is 1. The van der Waals surface area contributed by atoms with E-state index in [2.05, 4.69) is 63.6 Å². The predicted octanol–water partition coefficient (Wildman–Crippen LogP) is 3.14. The summed E-state index contributed by atoms with van der Waals surface area (Å²) in [7, 11) is -0.646. The minimum atomic E-state index is -0.646. The number of amides is 1. The Morgan fingerprint density at radius 2 is 1.96 bits per heavy atom. The molecule has 0 bridgehead atoms. The van der Waals surface area contributed by atoms with Crippen molar-refractivity contribution in [1.82, 2.24) is 15.6 Å². The molecule has 2 aromatic rings. The number of thiazole rings is 1. The van der Waals surface area contributed by atoms with Gasteiger partial charge in [0.05, 0.1) is 12.2 Å². The lowest BCUT2D eigenvalue weighted by molar-refractivity contribution is 0.152. The van der Waals surface area contributed by atoms with Crippen molar-refractivity contribution < 1.29 is 9.53 Å². The van der Waals surface area contributed by atoms with E-state index in [4.69, 9.17) is 4.74 Å². The highest BCUT2D eigenvalue weighted by molar-refractivity contribution is 8.32. The molecule has 1 aliphatic rings. The quantitative estimate of drug-likeness (QED) is 0.718. The average molecular weight is 423 g/mol. The van der Waals surface area contributed by atoms with Crippen molar-refractivity contribution in [3.8, 4) is 11.3 Å². The van der Waals surface area contributed by atoms with Crippen molar-refractivity contribution in [2.45, 2.75) is 6.54 Å². The van der Waals surface area contributed by atoms with E-state index in [9.17, 15) is 4.79 Å². The maximum atomic E-state index is 11.8. The van der Waals surface area contributed by atoms with Crippen LogP contribution >= 0.6 is 21.4 Å². The zero-order valence-corrected chi connectivity index (χ0v) is 18.5. The number of nitrogens with zero attached hydrogens (tertiary/aromatic N) is 2. The molecule has 1 amide bonds. The first-order chi connectivity index (χ1) is 13.4. The van der Waals surface area contributed by atoms with E-state index in [1.54, 1.807) is 11.3 Å². The largest absolute Gasteiger partial charge is 0.449 e. The molecule has 154 valence electrons. The van der Waals surface area contributed by atoms with Crippen LogP contribution in [0.5, 0.6) is 0 Å². The molecule has 0 unspecified atom stereocenters. The lowest BCUT2D eigenvalue weighted by atomic mass is 10.1. The molecule has 3 rings (SSSR count). The third kappa shape index (κ3) is 6.39. The number of anilines is 1. The van der Waals surface area contributed by atoms with E-state index in [1.165, 1.54) is 5.69 Å². The molecule has 2 N–H and O–H groups in total. The van der Waals surface area contributed by atoms with Crippen LogP contribution in [0.2, 0.25) is 0 Å². The second kappa shape index (κ2) is 9.62. The number of alkyl carbamates (subject to hydrolysis) is 1. The average Bonchev–Trinajstić information content (AvgIpc) is 3.15. The number of aromatic nitrogens is 1. The molecule has 1 saturated heterocycles. The molecule has 0 saturated carbocycles. The lowest BCUT2D eigenvalue weighted by Gasteiger charge is -2.29. The van der Waals surface area contributed by atoms with Crippen LogP contribution < -0.4 is 15.5 Å². The third-order valence-electron chi connectivity index (χ3n) is 4.51. The number of rotatable bonds is 7. The van der Waals surface area contributed by atoms with Crippen LogP contribution in [-0.2, 0) is 11.3 Å². The van der Waals surface area contributed by atoms with Crippen LogP contribution in [0.25, 0.3) is 11.3 Å². The molecular weight excluding hydrogens is 392 g/mol. The van der Waals surface area contributed by atoms with Gasteiger partial charge in [-0.25, -0.2) is 19.8 Å². The fourth-order valence-corrected chi connectivity index (χ4v) is 4.20. The van der Waals surface area contributed by atoms with Gasteiger partial charge >= 0.3 is 6.09 Å². The molecule has 0 radical (unpaired) electrons. The van der Waals surface area contributed by atoms with E-state index in [1.807, 2.05) is 5.38 Å². The van der Waals surface area contributed by atoms with E-state index in [0.717, 1.165) is 48.2 Å². The van der Waals surface area contributed by atoms with Gasteiger partial charge in [0.1, 0.15) is 11.6 Å². The molecular formula is C20H30N4O2S2. The zero-order valence-electron chi connectivity index (χ0n) is 16.9. The Balaban J connectivity index is 1.49. The summed E-state index contributed by atoms with van der Waals surface area (Å²) >= 11 is 1.55. The molecule has 6 nitrogen and oxygen atoms in total. The molecule has 1 aliphatic heterocycles. The molecule has 1 aromatic heterocycles. The van der Waals surface area contributed by atoms with Crippen molar-refractivity contribution in [3.05, 3.63) is 34.7 Å². The van der Waals surface area contributed by atoms with Crippen molar-refractivity contribution >= 4 is 33.1 Å². The van der Waals surface area contributed by atoms with E-state index in [-0.39, 0.29) is 6.09 Å². The molecule has 0 spiro atoms. The van der Waals surface area contributed by atoms with Gasteiger partial charge in [0.25, 0.3) is 0 Å². The van der Waals surface area contributed by atoms with Gasteiger partial charge in [-0.05, 0) is 30.9 Å². The minimum absolute atomic E-state index is 0.374. The van der Waals surface area contributed by atoms with Gasteiger partial charge in [0, 0.05) is 48.6 Å². The molecule has 28 heavy (non-hydrogen) atoms. The van der Waals surface area contributed by atoms with Gasteiger partial charge in [-0.2, -0.15) is 0 Å². The molecule has 1 fully saturated rings. The fraction of sp³-hybridized carbons (Fsp3) is 0.500. The lowest BCUT2D eigenvalue weighted by Crippen LogP contribution is -2.43. The standard InChI is InChI=1S/C20H30N4O2S2/c1-28(2,3)13-12-26-20(25)22-14-19-23-18(15-27-19)16-4-6-17(7-5-16)24-10-8-21-9-11-24/h4-7,15,21H,8-14H2,1-3H3,(H,22,25). The summed E-state index contributed by atoms with van der Waals surface area (Å²) in [6.07, 6.45) is 6.26. The number of carbonyl (C=O) groups is 1. The summed E-state index contributed by atoms with van der Waals surface area (Å²) in [5.41, 5.74) is 3.29. The number of nitrogens with one attached hydrogen (secondary N) is 2. The van der Waals surface area contributed by atoms with Crippen LogP contribution in [0.15, 0.2) is 29.6 Å². The van der Waals surface area contributed by atoms with Gasteiger partial charge in [-0.3, -0.25) is 0 Å². The molecule has 1 aromatic carbocycles. The summed E-state index contributed by atoms with van der Waals surface area (Å²) < 4.78 is 5.24. The van der Waals surface area contributed by atoms with Crippen LogP contribution in [0.3, 0.4) is 0 Å². The van der Waals surface area contributed by atoms with E-state index >= 15 is 0 Å². The normalized spacial score (nSPS) is 15.3. The number of benzene rings is 1. The first kappa shape index (κ1) is 21.0. The van der Waals surface area contributed by atoms with Gasteiger partial charge in [0.15, 0.2) is 0 Å². The van der Waals surface area contributed by atoms with Crippen molar-refractivity contribution in [3.63, 3.8) is 0 Å². The smallest absolute Gasteiger partial charge is 0.407 e. The monoisotopic (exact) mass is 422 g/mol. The van der Waals surface area contributed by atoms with E-state index < -0.39 is 10.0 Å². The second-order valence-electron chi connectivity index (χ2n) is 7.69. The Morgan fingerprint density at radius 1 is 1.25 bits per heavy atom. The van der Waals surface area contributed by atoms with Crippen molar-refractivity contribution in [2.75, 3.05) is 62.2 Å². The van der Waals surface area contributed by atoms with Gasteiger partial charge in [-0.1, -0.05) is 12.1 Å². The van der Waals surface area contributed by atoms with Crippen molar-refractivity contribution in [2.24, 2.45) is 0 Å². The Bertz CT molecular complexity index is 765. The summed E-state index contributed by atoms with van der Waals surface area (Å²) in [6, 6.07) is 8.55. The number of carbonyl (C=O) groups excluding carboxylic acids is 1. The maximum Gasteiger partial charge on any atom is 0.407 e. The van der Waals surface area contributed by atoms with Crippen LogP contribution in [0.1, 0.15) is 5.01 Å². The molecule has 0 aliphatic carbocycles. The van der Waals surface area contributed by atoms with Gasteiger partial charge in [-0.15, -0.1) is 11.3 Å². The van der Waals surface area contributed by atoms with Crippen LogP contribution in [-0.4, -0.2) is 68.4 Å². The van der Waals surface area contributed by atoms with Crippen LogP contribution in [0.4, 0.5) is 10.5 Å². The highest BCUT2D eigenvalue weighted by Crippen LogP contribution is 2.33.